The van der Waals surface area contributed by atoms with Crippen LogP contribution in [0.25, 0.3) is 0 Å². The van der Waals surface area contributed by atoms with E-state index < -0.39 is 9.84 Å². The number of carbonyl (C=O) groups is 1. The van der Waals surface area contributed by atoms with Crippen LogP contribution < -0.4 is 0 Å². The zero-order valence-electron chi connectivity index (χ0n) is 15.7. The second-order valence-electron chi connectivity index (χ2n) is 6.15. The molecule has 0 unspecified atom stereocenters. The number of ether oxygens (including phenoxy) is 1. The smallest absolute Gasteiger partial charge is 0.307 e. The molecule has 0 amide bonds. The van der Waals surface area contributed by atoms with Gasteiger partial charge in [0.1, 0.15) is 0 Å². The predicted octanol–water partition coefficient (Wildman–Crippen LogP) is 5.00. The number of hydrogen-bond acceptors (Lipinski definition) is 7. The minimum atomic E-state index is -3.42. The highest BCUT2D eigenvalue weighted by atomic mass is 35.5. The molecule has 9 heteroatoms. The first-order valence-electron chi connectivity index (χ1n) is 9.00. The van der Waals surface area contributed by atoms with Gasteiger partial charge in [-0.1, -0.05) is 23.7 Å². The minimum Gasteiger partial charge on any atom is -0.466 e. The predicted molar refractivity (Wildman–Crippen MR) is 120 cm³/mol. The molecule has 1 heterocycles. The van der Waals surface area contributed by atoms with Crippen molar-refractivity contribution in [1.82, 2.24) is 0 Å². The molecule has 29 heavy (non-hydrogen) atoms. The molecule has 0 saturated carbocycles. The molecular weight excluding hydrogens is 450 g/mol. The summed E-state index contributed by atoms with van der Waals surface area (Å²) in [5.74, 6) is 0.0225. The topological polar surface area (TPSA) is 72.8 Å². The molecule has 1 aliphatic heterocycles. The van der Waals surface area contributed by atoms with Gasteiger partial charge in [-0.05, 0) is 43.3 Å². The Kier molecular flexibility index (Phi) is 7.67. The number of hydrogen-bond donors (Lipinski definition) is 0. The van der Waals surface area contributed by atoms with Gasteiger partial charge < -0.3 is 4.74 Å². The van der Waals surface area contributed by atoms with Gasteiger partial charge in [-0.3, -0.25) is 4.79 Å². The van der Waals surface area contributed by atoms with Gasteiger partial charge in [-0.2, -0.15) is 0 Å². The third-order valence-corrected chi connectivity index (χ3v) is 8.82. The molecule has 2 aromatic carbocycles. The molecular formula is C20H20ClNO4S3. The highest BCUT2D eigenvalue weighted by molar-refractivity contribution is 8.16. The minimum absolute atomic E-state index is 0.0310. The lowest BCUT2D eigenvalue weighted by Gasteiger charge is -2.23. The van der Waals surface area contributed by atoms with Crippen LogP contribution in [0.4, 0.5) is 5.69 Å². The average molecular weight is 470 g/mol. The number of fused-ring (bicyclic) bond motifs is 1. The summed E-state index contributed by atoms with van der Waals surface area (Å²) in [7, 11) is -3.42. The molecule has 0 aliphatic carbocycles. The third-order valence-electron chi connectivity index (χ3n) is 4.07. The van der Waals surface area contributed by atoms with E-state index in [0.29, 0.717) is 17.4 Å². The van der Waals surface area contributed by atoms with Crippen LogP contribution in [0.2, 0.25) is 5.02 Å². The van der Waals surface area contributed by atoms with E-state index in [2.05, 4.69) is 4.99 Å². The van der Waals surface area contributed by atoms with Gasteiger partial charge in [0.05, 0.1) is 39.7 Å². The van der Waals surface area contributed by atoms with E-state index >= 15 is 0 Å². The maximum Gasteiger partial charge on any atom is 0.307 e. The zero-order valence-corrected chi connectivity index (χ0v) is 18.9. The number of esters is 1. The maximum atomic E-state index is 12.6. The van der Waals surface area contributed by atoms with Crippen molar-refractivity contribution in [3.05, 3.63) is 53.6 Å². The second-order valence-corrected chi connectivity index (χ2v) is 11.1. The van der Waals surface area contributed by atoms with Crippen molar-refractivity contribution in [2.75, 3.05) is 18.1 Å². The van der Waals surface area contributed by atoms with Crippen molar-refractivity contribution in [2.45, 2.75) is 28.4 Å². The van der Waals surface area contributed by atoms with Gasteiger partial charge in [-0.25, -0.2) is 13.4 Å². The maximum absolute atomic E-state index is 12.6. The van der Waals surface area contributed by atoms with Crippen molar-refractivity contribution in [3.63, 3.8) is 0 Å². The lowest BCUT2D eigenvalue weighted by atomic mass is 10.3. The molecule has 0 spiro atoms. The summed E-state index contributed by atoms with van der Waals surface area (Å²) in [5.41, 5.74) is 0.834. The van der Waals surface area contributed by atoms with E-state index in [9.17, 15) is 13.2 Å². The summed E-state index contributed by atoms with van der Waals surface area (Å²) < 4.78 is 30.2. The largest absolute Gasteiger partial charge is 0.466 e. The normalized spacial score (nSPS) is 16.1. The van der Waals surface area contributed by atoms with Crippen LogP contribution in [-0.4, -0.2) is 42.8 Å². The number of aliphatic imine (C=N–C) groups is 1. The summed E-state index contributed by atoms with van der Waals surface area (Å²) in [6.45, 7) is 2.10. The quantitative estimate of drug-likeness (QED) is 0.531. The fraction of sp³-hybridized carbons (Fsp3) is 0.300. The molecule has 1 atom stereocenters. The Balaban J connectivity index is 1.71. The standard InChI is InChI=1S/C20H20ClNO4S3/c1-2-26-19(23)13-18-20(22-16-5-3-4-6-17(16)28-18)27-11-12-29(24,25)15-9-7-14(21)8-10-15/h3-10,18H,2,11-13H2,1H3/t18-/m0/s1. The Morgan fingerprint density at radius 3 is 2.66 bits per heavy atom. The summed E-state index contributed by atoms with van der Waals surface area (Å²) >= 11 is 8.76. The van der Waals surface area contributed by atoms with E-state index in [1.165, 1.54) is 23.9 Å². The van der Waals surface area contributed by atoms with Crippen molar-refractivity contribution in [1.29, 1.82) is 0 Å². The molecule has 0 fully saturated rings. The Morgan fingerprint density at radius 1 is 1.21 bits per heavy atom. The van der Waals surface area contributed by atoms with Gasteiger partial charge in [0.2, 0.25) is 0 Å². The van der Waals surface area contributed by atoms with E-state index in [0.717, 1.165) is 15.6 Å². The van der Waals surface area contributed by atoms with Crippen LogP contribution in [0.1, 0.15) is 13.3 Å². The number of nitrogens with zero attached hydrogens (tertiary/aromatic N) is 1. The van der Waals surface area contributed by atoms with E-state index in [1.807, 2.05) is 24.3 Å². The van der Waals surface area contributed by atoms with Crippen molar-refractivity contribution in [2.24, 2.45) is 4.99 Å². The lowest BCUT2D eigenvalue weighted by molar-refractivity contribution is -0.142. The molecule has 0 aromatic heterocycles. The molecule has 0 bridgehead atoms. The van der Waals surface area contributed by atoms with E-state index in [1.54, 1.807) is 30.8 Å². The lowest BCUT2D eigenvalue weighted by Crippen LogP contribution is -2.23. The van der Waals surface area contributed by atoms with E-state index in [-0.39, 0.29) is 28.3 Å². The first kappa shape index (κ1) is 22.2. The number of rotatable bonds is 7. The number of benzene rings is 2. The van der Waals surface area contributed by atoms with Crippen molar-refractivity contribution in [3.8, 4) is 0 Å². The van der Waals surface area contributed by atoms with Crippen LogP contribution in [0.15, 0.2) is 63.3 Å². The van der Waals surface area contributed by atoms with Crippen LogP contribution in [0.5, 0.6) is 0 Å². The first-order valence-corrected chi connectivity index (χ1v) is 12.9. The van der Waals surface area contributed by atoms with Crippen molar-refractivity contribution >= 4 is 61.7 Å². The molecule has 3 rings (SSSR count). The molecule has 154 valence electrons. The van der Waals surface area contributed by atoms with Gasteiger partial charge in [-0.15, -0.1) is 23.5 Å². The molecule has 2 aromatic rings. The fourth-order valence-electron chi connectivity index (χ4n) is 2.68. The second kappa shape index (κ2) is 10.0. The van der Waals surface area contributed by atoms with E-state index in [4.69, 9.17) is 16.3 Å². The Hall–Kier alpha value is -1.48. The fourth-order valence-corrected chi connectivity index (χ4v) is 6.87. The summed E-state index contributed by atoms with van der Waals surface area (Å²) in [6.07, 6.45) is 0.197. The van der Waals surface area contributed by atoms with Crippen LogP contribution in [0, 0.1) is 0 Å². The van der Waals surface area contributed by atoms with Gasteiger partial charge in [0, 0.05) is 15.7 Å². The average Bonchev–Trinajstić information content (AvgIpc) is 2.68. The highest BCUT2D eigenvalue weighted by Crippen LogP contribution is 2.41. The van der Waals surface area contributed by atoms with Gasteiger partial charge >= 0.3 is 5.97 Å². The molecule has 0 N–H and O–H groups in total. The monoisotopic (exact) mass is 469 g/mol. The summed E-state index contributed by atoms with van der Waals surface area (Å²) in [4.78, 5) is 17.9. The SMILES string of the molecule is CCOC(=O)C[C@@H]1Sc2ccccc2N=C1SCCS(=O)(=O)c1ccc(Cl)cc1. The Labute approximate surface area is 184 Å². The number of thioether (sulfide) groups is 2. The molecule has 1 aliphatic rings. The number of halogens is 1. The first-order chi connectivity index (χ1) is 13.9. The number of sulfone groups is 1. The highest BCUT2D eigenvalue weighted by Gasteiger charge is 2.27. The van der Waals surface area contributed by atoms with Crippen molar-refractivity contribution < 1.29 is 17.9 Å². The van der Waals surface area contributed by atoms with Gasteiger partial charge in [0.25, 0.3) is 0 Å². The zero-order chi connectivity index (χ0) is 20.9. The van der Waals surface area contributed by atoms with Crippen LogP contribution in [0.3, 0.4) is 0 Å². The molecule has 5 nitrogen and oxygen atoms in total. The number of para-hydroxylation sites is 1. The summed E-state index contributed by atoms with van der Waals surface area (Å²) in [6, 6.07) is 13.9. The number of carbonyl (C=O) groups excluding carboxylic acids is 1. The van der Waals surface area contributed by atoms with Crippen LogP contribution in [-0.2, 0) is 19.4 Å². The third kappa shape index (κ3) is 6.01. The van der Waals surface area contributed by atoms with Gasteiger partial charge in [0.15, 0.2) is 9.84 Å². The molecule has 0 radical (unpaired) electrons. The Bertz CT molecular complexity index is 1010. The molecule has 0 saturated heterocycles. The Morgan fingerprint density at radius 2 is 1.93 bits per heavy atom. The summed E-state index contributed by atoms with van der Waals surface area (Å²) in [5, 5.41) is 1.05. The van der Waals surface area contributed by atoms with Crippen LogP contribution >= 0.6 is 35.1 Å².